The van der Waals surface area contributed by atoms with Crippen LogP contribution in [0.5, 0.6) is 0 Å². The lowest BCUT2D eigenvalue weighted by Crippen LogP contribution is -2.67. The highest BCUT2D eigenvalue weighted by atomic mass is 16.8. The summed E-state index contributed by atoms with van der Waals surface area (Å²) in [7, 11) is 0. The first-order chi connectivity index (χ1) is 44.8. The molecule has 542 valence electrons. The van der Waals surface area contributed by atoms with Gasteiger partial charge in [-0.25, -0.2) is 0 Å². The van der Waals surface area contributed by atoms with Gasteiger partial charge >= 0.3 is 35.8 Å². The number of carbonyl (C=O) groups is 6. The van der Waals surface area contributed by atoms with Gasteiger partial charge in [0.05, 0.1) is 51.8 Å². The lowest BCUT2D eigenvalue weighted by molar-refractivity contribution is -0.385. The Morgan fingerprint density at radius 3 is 1.08 bits per heavy atom. The molecule has 34 heteroatoms. The van der Waals surface area contributed by atoms with Crippen LogP contribution >= 0.6 is 0 Å². The second-order valence-corrected chi connectivity index (χ2v) is 24.1. The van der Waals surface area contributed by atoms with Gasteiger partial charge in [0.2, 0.25) is 0 Å². The molecule has 28 atom stereocenters. The predicted octanol–water partition coefficient (Wildman–Crippen LogP) is -2.93. The first kappa shape index (κ1) is 79.1. The molecule has 0 saturated carbocycles. The molecule has 6 aliphatic heterocycles. The molecule has 0 bridgehead atoms. The summed E-state index contributed by atoms with van der Waals surface area (Å²) in [6.45, 7) is 11.9. The summed E-state index contributed by atoms with van der Waals surface area (Å²) in [5.41, 5.74) is 2.52. The lowest BCUT2D eigenvalue weighted by atomic mass is 9.96. The number of allylic oxidation sites excluding steroid dienone is 4. The molecule has 10 N–H and O–H groups in total. The molecule has 0 amide bonds. The third-order valence-electron chi connectivity index (χ3n) is 16.2. The van der Waals surface area contributed by atoms with Crippen molar-refractivity contribution in [3.63, 3.8) is 0 Å². The predicted molar refractivity (Wildman–Crippen MR) is 312 cm³/mol. The van der Waals surface area contributed by atoms with Gasteiger partial charge in [0, 0.05) is 41.5 Å². The molecule has 0 aliphatic carbocycles. The van der Waals surface area contributed by atoms with Crippen LogP contribution in [-0.2, 0) is 114 Å². The third kappa shape index (κ3) is 21.8. The van der Waals surface area contributed by atoms with E-state index >= 15 is 0 Å². The van der Waals surface area contributed by atoms with Gasteiger partial charge in [0.1, 0.15) is 85.5 Å². The minimum atomic E-state index is -1.84. The SMILES string of the molecule is CC(=O)OC1C(O)COC(OC2C(O)C(CO)OC(OCC=C(C)CCC=C(C)CCC=C(C)COC3OC(CO)C(O)C(OC4OCC(O)C(OC(C)=O)C4O)C3OC3OC(C)C(OC(C)=O)C(O)C3OC(C)=O)C2OC2OC(C)C(OC(C)=O)C(O)C2OC(C)=O)C1O. The van der Waals surface area contributed by atoms with Crippen LogP contribution in [0.4, 0.5) is 0 Å². The summed E-state index contributed by atoms with van der Waals surface area (Å²) in [6.07, 6.45) is -36.6. The summed E-state index contributed by atoms with van der Waals surface area (Å²) in [6, 6.07) is 0. The summed E-state index contributed by atoms with van der Waals surface area (Å²) >= 11 is 0. The van der Waals surface area contributed by atoms with E-state index in [1.807, 2.05) is 26.0 Å². The normalized spacial score (nSPS) is 39.7. The second-order valence-electron chi connectivity index (χ2n) is 24.1. The van der Waals surface area contributed by atoms with Gasteiger partial charge in [-0.2, -0.15) is 0 Å². The van der Waals surface area contributed by atoms with Crippen LogP contribution in [0.25, 0.3) is 0 Å². The summed E-state index contributed by atoms with van der Waals surface area (Å²) < 4.78 is 104. The van der Waals surface area contributed by atoms with Crippen LogP contribution in [-0.4, -0.2) is 299 Å². The highest BCUT2D eigenvalue weighted by Crippen LogP contribution is 2.38. The van der Waals surface area contributed by atoms with Crippen LogP contribution < -0.4 is 0 Å². The van der Waals surface area contributed by atoms with E-state index in [0.717, 1.165) is 52.7 Å². The minimum absolute atomic E-state index is 0.158. The Kier molecular flexibility index (Phi) is 30.7. The van der Waals surface area contributed by atoms with E-state index in [1.165, 1.54) is 13.8 Å². The van der Waals surface area contributed by atoms with E-state index in [-0.39, 0.29) is 13.2 Å². The fourth-order valence-corrected chi connectivity index (χ4v) is 11.4. The highest BCUT2D eigenvalue weighted by Gasteiger charge is 2.58. The molecule has 6 aliphatic rings. The van der Waals surface area contributed by atoms with E-state index in [9.17, 15) is 79.8 Å². The first-order valence-electron chi connectivity index (χ1n) is 31.2. The molecule has 0 aromatic rings. The van der Waals surface area contributed by atoms with Crippen LogP contribution in [0.3, 0.4) is 0 Å². The number of carbonyl (C=O) groups excluding carboxylic acids is 6. The monoisotopic (exact) mass is 1370 g/mol. The van der Waals surface area contributed by atoms with Crippen LogP contribution in [0, 0.1) is 0 Å². The fourth-order valence-electron chi connectivity index (χ4n) is 11.4. The van der Waals surface area contributed by atoms with Gasteiger partial charge in [-0.15, -0.1) is 0 Å². The molecule has 6 rings (SSSR count). The average Bonchev–Trinajstić information content (AvgIpc) is 0.779. The molecule has 0 spiro atoms. The van der Waals surface area contributed by atoms with Gasteiger partial charge in [-0.3, -0.25) is 28.8 Å². The van der Waals surface area contributed by atoms with Crippen molar-refractivity contribution in [3.8, 4) is 0 Å². The maximum absolute atomic E-state index is 12.4. The Balaban J connectivity index is 1.13. The van der Waals surface area contributed by atoms with E-state index in [4.69, 9.17) is 85.3 Å². The van der Waals surface area contributed by atoms with E-state index < -0.39 is 234 Å². The van der Waals surface area contributed by atoms with Crippen LogP contribution in [0.1, 0.15) is 102 Å². The summed E-state index contributed by atoms with van der Waals surface area (Å²) in [4.78, 5) is 72.7. The number of rotatable bonds is 28. The van der Waals surface area contributed by atoms with Crippen molar-refractivity contribution in [1.82, 2.24) is 0 Å². The topological polar surface area (TPSA) is 471 Å². The van der Waals surface area contributed by atoms with Crippen molar-refractivity contribution in [3.05, 3.63) is 34.9 Å². The van der Waals surface area contributed by atoms with Crippen LogP contribution in [0.2, 0.25) is 0 Å². The molecular formula is C61H94O34. The quantitative estimate of drug-likeness (QED) is 0.0213. The molecule has 34 nitrogen and oxygen atoms in total. The maximum atomic E-state index is 12.4. The van der Waals surface area contributed by atoms with Crippen molar-refractivity contribution >= 4 is 35.8 Å². The number of esters is 6. The lowest BCUT2D eigenvalue weighted by Gasteiger charge is -2.49. The molecule has 0 aromatic heterocycles. The Bertz CT molecular complexity index is 2600. The molecule has 28 unspecified atom stereocenters. The minimum Gasteiger partial charge on any atom is -0.457 e. The van der Waals surface area contributed by atoms with Crippen molar-refractivity contribution in [2.24, 2.45) is 0 Å². The van der Waals surface area contributed by atoms with Crippen molar-refractivity contribution in [2.75, 3.05) is 39.6 Å². The zero-order valence-electron chi connectivity index (χ0n) is 54.7. The largest absolute Gasteiger partial charge is 0.457 e. The highest BCUT2D eigenvalue weighted by molar-refractivity contribution is 5.68. The van der Waals surface area contributed by atoms with Gasteiger partial charge in [-0.1, -0.05) is 34.9 Å². The van der Waals surface area contributed by atoms with E-state index in [1.54, 1.807) is 13.0 Å². The van der Waals surface area contributed by atoms with Gasteiger partial charge in [0.15, 0.2) is 74.4 Å². The smallest absolute Gasteiger partial charge is 0.303 e. The second kappa shape index (κ2) is 36.8. The number of aliphatic hydroxyl groups is 10. The maximum Gasteiger partial charge on any atom is 0.303 e. The van der Waals surface area contributed by atoms with E-state index in [2.05, 4.69) is 0 Å². The molecule has 6 heterocycles. The van der Waals surface area contributed by atoms with Gasteiger partial charge < -0.3 is 136 Å². The Morgan fingerprint density at radius 2 is 0.705 bits per heavy atom. The molecular weight excluding hydrogens is 1280 g/mol. The summed E-state index contributed by atoms with van der Waals surface area (Å²) in [5, 5.41) is 111. The average molecular weight is 1370 g/mol. The molecule has 0 aromatic carbocycles. The van der Waals surface area contributed by atoms with Crippen LogP contribution in [0.15, 0.2) is 34.9 Å². The number of ether oxygens (including phenoxy) is 18. The first-order valence-corrected chi connectivity index (χ1v) is 31.2. The molecule has 6 saturated heterocycles. The van der Waals surface area contributed by atoms with Crippen molar-refractivity contribution in [2.45, 2.75) is 274 Å². The van der Waals surface area contributed by atoms with Gasteiger partial charge in [-0.05, 0) is 60.3 Å². The Labute approximate surface area is 547 Å². The molecule has 95 heavy (non-hydrogen) atoms. The number of hydrogen-bond acceptors (Lipinski definition) is 34. The van der Waals surface area contributed by atoms with E-state index in [0.29, 0.717) is 31.3 Å². The van der Waals surface area contributed by atoms with Gasteiger partial charge in [0.25, 0.3) is 0 Å². The Hall–Kier alpha value is -4.84. The van der Waals surface area contributed by atoms with Crippen molar-refractivity contribution in [1.29, 1.82) is 0 Å². The standard InChI is InChI=1S/C61H94O34/c1-25(15-13-17-27(3)22-79-59-55(95-61-53(89-35(11)69)43(75)47(29(5)83-61)85-31(7)65)51(41(73)39(21-63)91-59)93-57-45(77)49(87-33(9)67)37(71)24-81-57)14-12-16-26(2)18-19-78-58-54(94-60-52(88-34(10)68)42(74)46(28(4)82-60)84-30(6)64)50(40(72)38(20-62)90-58)92-56-44(76)48(86-32(8)66)36(70)23-80-56/h14,17-18,28-29,36-63,70-77H,12-13,15-16,19-24H2,1-11H3. The summed E-state index contributed by atoms with van der Waals surface area (Å²) in [5.74, 6) is -5.03. The third-order valence-corrected chi connectivity index (χ3v) is 16.2. The molecule has 6 fully saturated rings. The fraction of sp³-hybridized carbons (Fsp3) is 0.803. The number of hydrogen-bond donors (Lipinski definition) is 10. The zero-order valence-corrected chi connectivity index (χ0v) is 54.7. The molecule has 0 radical (unpaired) electrons. The Morgan fingerprint density at radius 1 is 0.368 bits per heavy atom. The van der Waals surface area contributed by atoms with Crippen molar-refractivity contribution < 1.29 is 165 Å². The number of aliphatic hydroxyl groups excluding tert-OH is 10. The zero-order chi connectivity index (χ0) is 70.3.